The molecule has 0 aliphatic carbocycles. The molecule has 0 unspecified atom stereocenters. The Morgan fingerprint density at radius 1 is 1.30 bits per heavy atom. The molecule has 0 saturated heterocycles. The van der Waals surface area contributed by atoms with Crippen molar-refractivity contribution in [3.63, 3.8) is 0 Å². The number of nitrogens with zero attached hydrogens (tertiary/aromatic N) is 3. The summed E-state index contributed by atoms with van der Waals surface area (Å²) in [7, 11) is 3.87. The molecule has 5 N–H and O–H groups in total. The lowest BCUT2D eigenvalue weighted by Gasteiger charge is -2.13. The first-order valence-electron chi connectivity index (χ1n) is 8.58. The van der Waals surface area contributed by atoms with Gasteiger partial charge in [-0.2, -0.15) is 0 Å². The van der Waals surface area contributed by atoms with Crippen LogP contribution in [0.4, 0.5) is 23.0 Å². The number of rotatable bonds is 8. The van der Waals surface area contributed by atoms with Gasteiger partial charge in [-0.15, -0.1) is 0 Å². The van der Waals surface area contributed by atoms with Crippen molar-refractivity contribution in [3.8, 4) is 0 Å². The fourth-order valence-corrected chi connectivity index (χ4v) is 2.33. The van der Waals surface area contributed by atoms with E-state index < -0.39 is 0 Å². The van der Waals surface area contributed by atoms with Crippen molar-refractivity contribution in [2.75, 3.05) is 37.0 Å². The first-order valence-corrected chi connectivity index (χ1v) is 8.58. The molecule has 0 aliphatic rings. The molecule has 8 nitrogen and oxygen atoms in total. The Morgan fingerprint density at radius 2 is 2.04 bits per heavy atom. The number of nitrogen functional groups attached to an aromatic ring is 1. The van der Waals surface area contributed by atoms with Crippen LogP contribution in [0.5, 0.6) is 0 Å². The summed E-state index contributed by atoms with van der Waals surface area (Å²) >= 11 is 0. The summed E-state index contributed by atoms with van der Waals surface area (Å²) in [4.78, 5) is 22.1. The van der Waals surface area contributed by atoms with Crippen LogP contribution in [-0.4, -0.2) is 47.1 Å². The van der Waals surface area contributed by atoms with E-state index in [9.17, 15) is 4.79 Å². The first kappa shape index (κ1) is 20.1. The van der Waals surface area contributed by atoms with Crippen LogP contribution in [0.3, 0.4) is 0 Å². The average Bonchev–Trinajstić information content (AvgIpc) is 2.61. The number of aromatic nitrogens is 2. The van der Waals surface area contributed by atoms with Gasteiger partial charge in [0.1, 0.15) is 18.0 Å². The number of hydrogen-bond donors (Lipinski definition) is 4. The highest BCUT2D eigenvalue weighted by Crippen LogP contribution is 2.24. The summed E-state index contributed by atoms with van der Waals surface area (Å²) in [5, 5.41) is 14.1. The summed E-state index contributed by atoms with van der Waals surface area (Å²) in [6.45, 7) is 2.56. The fraction of sp³-hybridized carbons (Fsp3) is 0.263. The van der Waals surface area contributed by atoms with Crippen LogP contribution < -0.4 is 16.4 Å². The third-order valence-electron chi connectivity index (χ3n) is 3.66. The molecule has 1 heterocycles. The normalized spacial score (nSPS) is 11.0. The number of nitrogens with two attached hydrogens (primary N) is 1. The van der Waals surface area contributed by atoms with E-state index in [1.807, 2.05) is 38.1 Å². The number of likely N-dealkylation sites (N-methyl/N-ethyl adjacent to an activating group) is 1. The molecule has 0 spiro atoms. The van der Waals surface area contributed by atoms with E-state index >= 15 is 0 Å². The second-order valence-electron chi connectivity index (χ2n) is 6.17. The predicted molar refractivity (Wildman–Crippen MR) is 110 cm³/mol. The van der Waals surface area contributed by atoms with Crippen molar-refractivity contribution >= 4 is 34.6 Å². The predicted octanol–water partition coefficient (Wildman–Crippen LogP) is 2.64. The summed E-state index contributed by atoms with van der Waals surface area (Å²) in [5.74, 6) is 0.521. The third-order valence-corrected chi connectivity index (χ3v) is 3.66. The molecule has 1 amide bonds. The van der Waals surface area contributed by atoms with Crippen LogP contribution in [0.2, 0.25) is 0 Å². The van der Waals surface area contributed by atoms with Gasteiger partial charge in [-0.1, -0.05) is 19.1 Å². The Morgan fingerprint density at radius 3 is 2.74 bits per heavy atom. The minimum Gasteiger partial charge on any atom is -0.383 e. The topological polar surface area (TPSA) is 120 Å². The zero-order valence-corrected chi connectivity index (χ0v) is 15.8. The van der Waals surface area contributed by atoms with Gasteiger partial charge in [-0.05, 0) is 38.7 Å². The Bertz CT molecular complexity index is 846. The van der Waals surface area contributed by atoms with Crippen LogP contribution in [0.1, 0.15) is 18.9 Å². The molecule has 0 bridgehead atoms. The molecule has 0 atom stereocenters. The van der Waals surface area contributed by atoms with Crippen LogP contribution in [0.25, 0.3) is 0 Å². The smallest absolute Gasteiger partial charge is 0.248 e. The van der Waals surface area contributed by atoms with Gasteiger partial charge in [0, 0.05) is 29.7 Å². The first-order chi connectivity index (χ1) is 12.9. The maximum atomic E-state index is 12.0. The van der Waals surface area contributed by atoms with E-state index in [2.05, 4.69) is 20.6 Å². The van der Waals surface area contributed by atoms with Gasteiger partial charge in [0.25, 0.3) is 0 Å². The van der Waals surface area contributed by atoms with E-state index in [0.717, 1.165) is 0 Å². The molecule has 27 heavy (non-hydrogen) atoms. The van der Waals surface area contributed by atoms with Crippen LogP contribution >= 0.6 is 0 Å². The van der Waals surface area contributed by atoms with Gasteiger partial charge in [-0.3, -0.25) is 4.79 Å². The zero-order valence-electron chi connectivity index (χ0n) is 15.8. The number of amides is 1. The van der Waals surface area contributed by atoms with E-state index in [0.29, 0.717) is 41.4 Å². The van der Waals surface area contributed by atoms with Crippen molar-refractivity contribution in [3.05, 3.63) is 48.3 Å². The number of carbonyl (C=O) groups excluding carboxylic acids is 1. The number of carbonyl (C=O) groups is 1. The standard InChI is InChI=1S/C19H25N7O/c1-4-15(20)17-18(21)22-12-23-19(17)25-14-8-5-7-13(11-14)24-16(27)9-6-10-26(2)3/h5-9,11-12,20H,4,10H2,1-3H3,(H,24,27)(H3,21,22,23,25). The third kappa shape index (κ3) is 5.89. The van der Waals surface area contributed by atoms with Gasteiger partial charge in [-0.25, -0.2) is 9.97 Å². The fourth-order valence-electron chi connectivity index (χ4n) is 2.33. The molecule has 1 aromatic carbocycles. The summed E-state index contributed by atoms with van der Waals surface area (Å²) in [6, 6.07) is 7.24. The van der Waals surface area contributed by atoms with E-state index in [-0.39, 0.29) is 11.7 Å². The number of benzene rings is 1. The Kier molecular flexibility index (Phi) is 7.01. The Labute approximate surface area is 159 Å². The van der Waals surface area contributed by atoms with Crippen LogP contribution in [-0.2, 0) is 4.79 Å². The summed E-state index contributed by atoms with van der Waals surface area (Å²) < 4.78 is 0. The molecule has 0 fully saturated rings. The Balaban J connectivity index is 2.15. The number of anilines is 4. The second kappa shape index (κ2) is 9.44. The monoisotopic (exact) mass is 367 g/mol. The lowest BCUT2D eigenvalue weighted by Crippen LogP contribution is -2.13. The van der Waals surface area contributed by atoms with Crippen molar-refractivity contribution in [2.24, 2.45) is 0 Å². The lowest BCUT2D eigenvalue weighted by atomic mass is 10.1. The molecular weight excluding hydrogens is 342 g/mol. The maximum Gasteiger partial charge on any atom is 0.248 e. The lowest BCUT2D eigenvalue weighted by molar-refractivity contribution is -0.111. The van der Waals surface area contributed by atoms with Crippen molar-refractivity contribution < 1.29 is 4.79 Å². The number of hydrogen-bond acceptors (Lipinski definition) is 7. The van der Waals surface area contributed by atoms with Gasteiger partial charge < -0.3 is 26.7 Å². The van der Waals surface area contributed by atoms with Gasteiger partial charge in [0.15, 0.2) is 0 Å². The second-order valence-corrected chi connectivity index (χ2v) is 6.17. The van der Waals surface area contributed by atoms with E-state index in [4.69, 9.17) is 11.1 Å². The van der Waals surface area contributed by atoms with E-state index in [1.165, 1.54) is 12.4 Å². The molecule has 0 saturated carbocycles. The van der Waals surface area contributed by atoms with Crippen molar-refractivity contribution in [1.82, 2.24) is 14.9 Å². The molecule has 2 rings (SSSR count). The van der Waals surface area contributed by atoms with Crippen molar-refractivity contribution in [1.29, 1.82) is 5.41 Å². The molecular formula is C19H25N7O. The van der Waals surface area contributed by atoms with Gasteiger partial charge >= 0.3 is 0 Å². The highest BCUT2D eigenvalue weighted by molar-refractivity contribution is 6.06. The van der Waals surface area contributed by atoms with Gasteiger partial charge in [0.05, 0.1) is 5.56 Å². The molecule has 0 radical (unpaired) electrons. The molecule has 0 aliphatic heterocycles. The number of nitrogens with one attached hydrogen (secondary N) is 3. The summed E-state index contributed by atoms with van der Waals surface area (Å²) in [5.41, 5.74) is 8.12. The minimum absolute atomic E-state index is 0.200. The molecule has 1 aromatic heterocycles. The maximum absolute atomic E-state index is 12.0. The van der Waals surface area contributed by atoms with Gasteiger partial charge in [0.2, 0.25) is 5.91 Å². The van der Waals surface area contributed by atoms with Crippen LogP contribution in [0.15, 0.2) is 42.7 Å². The molecule has 2 aromatic rings. The van der Waals surface area contributed by atoms with E-state index in [1.54, 1.807) is 18.2 Å². The SMILES string of the molecule is CCC(=N)c1c(N)ncnc1Nc1cccc(NC(=O)C=CCN(C)C)c1. The minimum atomic E-state index is -0.200. The largest absolute Gasteiger partial charge is 0.383 e. The highest BCUT2D eigenvalue weighted by Gasteiger charge is 2.13. The molecule has 142 valence electrons. The zero-order chi connectivity index (χ0) is 19.8. The average molecular weight is 367 g/mol. The highest BCUT2D eigenvalue weighted by atomic mass is 16.1. The Hall–Kier alpha value is -3.26. The van der Waals surface area contributed by atoms with Crippen molar-refractivity contribution in [2.45, 2.75) is 13.3 Å². The quantitative estimate of drug-likeness (QED) is 0.420. The molecule has 8 heteroatoms. The van der Waals surface area contributed by atoms with Crippen LogP contribution in [0, 0.1) is 5.41 Å². The summed E-state index contributed by atoms with van der Waals surface area (Å²) in [6.07, 6.45) is 5.17.